The van der Waals surface area contributed by atoms with Crippen LogP contribution in [-0.4, -0.2) is 130 Å². The molecule has 6 unspecified atom stereocenters. The van der Waals surface area contributed by atoms with Crippen LogP contribution in [0.15, 0.2) is 131 Å². The number of rotatable bonds is 34. The number of Topliss-reactive ketones (excluding diaryl/α,β-unsaturated/α-hetero) is 2. The summed E-state index contributed by atoms with van der Waals surface area (Å²) in [5.41, 5.74) is 24.3. The lowest BCUT2D eigenvalue weighted by Crippen LogP contribution is -2.63. The molecule has 0 fully saturated rings. The molecule has 20 nitrogen and oxygen atoms in total. The Morgan fingerprint density at radius 1 is 0.455 bits per heavy atom. The number of aliphatic imine (C=N–C) groups is 2. The highest BCUT2D eigenvalue weighted by molar-refractivity contribution is 6.29. The van der Waals surface area contributed by atoms with Gasteiger partial charge in [-0.15, -0.1) is 23.2 Å². The number of carbonyl (C=O) groups excluding carboxylic acids is 7. The average Bonchev–Trinajstić information content (AvgIpc) is 3.42. The number of nitrogens with zero attached hydrogens (tertiary/aromatic N) is 3. The van der Waals surface area contributed by atoms with Crippen molar-refractivity contribution in [3.63, 3.8) is 0 Å². The molecular weight excluding hydrogens is 1030 g/mol. The highest BCUT2D eigenvalue weighted by Gasteiger charge is 2.41. The van der Waals surface area contributed by atoms with E-state index in [1.54, 1.807) is 121 Å². The third-order valence-corrected chi connectivity index (χ3v) is 12.8. The maximum Gasteiger partial charge on any atom is 0.303 e. The van der Waals surface area contributed by atoms with E-state index in [1.165, 1.54) is 0 Å². The van der Waals surface area contributed by atoms with Crippen LogP contribution >= 0.6 is 23.2 Å². The molecule has 0 radical (unpaired) electrons. The summed E-state index contributed by atoms with van der Waals surface area (Å²) in [4.78, 5) is 122. The lowest BCUT2D eigenvalue weighted by molar-refractivity contribution is -0.149. The Bertz CT molecular complexity index is 2450. The zero-order valence-corrected chi connectivity index (χ0v) is 44.2. The number of hydrogen-bond acceptors (Lipinski definition) is 10. The second-order valence-corrected chi connectivity index (χ2v) is 18.7. The van der Waals surface area contributed by atoms with Gasteiger partial charge in [-0.2, -0.15) is 0 Å². The third-order valence-electron chi connectivity index (χ3n) is 12.3. The van der Waals surface area contributed by atoms with Crippen LogP contribution in [0.25, 0.3) is 0 Å². The average molecular weight is 1100 g/mol. The first-order valence-electron chi connectivity index (χ1n) is 25.2. The van der Waals surface area contributed by atoms with Crippen LogP contribution < -0.4 is 44.2 Å². The smallest absolute Gasteiger partial charge is 0.303 e. The van der Waals surface area contributed by atoms with Crippen LogP contribution in [-0.2, 0) is 64.0 Å². The minimum Gasteiger partial charge on any atom is -0.481 e. The molecule has 0 aromatic heterocycles. The number of carbonyl (C=O) groups is 8. The molecule has 77 heavy (non-hydrogen) atoms. The Morgan fingerprint density at radius 3 is 1.09 bits per heavy atom. The van der Waals surface area contributed by atoms with E-state index in [2.05, 4.69) is 31.3 Å². The van der Waals surface area contributed by atoms with E-state index in [1.807, 2.05) is 0 Å². The van der Waals surface area contributed by atoms with Crippen molar-refractivity contribution in [3.8, 4) is 0 Å². The molecule has 4 aromatic rings. The standard InChI is InChI=1S/C55H69Cl2N11O9/c56-34-46(69)40(24-14-28-62-54(58)59)64-50(74)42(30-36-16-5-1-6-17-36)66-52(76)44(32-38-20-9-3-10-21-38)68(48(71)26-13-27-49(72)73)45(33-39-22-11-4-12-23-39)53(77)67-43(31-37-18-7-2-8-19-37)51(75)65-41(47(70)35-57)25-15-29-63-55(60)61/h1-12,16-23,40-45H,13-15,24-35H2,(H,64,74)(H,65,75)(H,66,76)(H,67,77)(H,72,73)(H4,58,59,62)(H4,60,61,63). The van der Waals surface area contributed by atoms with Crippen LogP contribution in [0.4, 0.5) is 0 Å². The molecular formula is C55H69Cl2N11O9. The summed E-state index contributed by atoms with van der Waals surface area (Å²) in [6.07, 6.45) is -0.907. The van der Waals surface area contributed by atoms with E-state index in [-0.39, 0.29) is 82.8 Å². The first kappa shape index (κ1) is 61.7. The van der Waals surface area contributed by atoms with Gasteiger partial charge in [-0.25, -0.2) is 0 Å². The zero-order chi connectivity index (χ0) is 56.1. The molecule has 0 spiro atoms. The fourth-order valence-corrected chi connectivity index (χ4v) is 8.79. The normalized spacial score (nSPS) is 13.2. The molecule has 0 bridgehead atoms. The van der Waals surface area contributed by atoms with Crippen molar-refractivity contribution in [2.24, 2.45) is 32.9 Å². The maximum atomic E-state index is 15.5. The second-order valence-electron chi connectivity index (χ2n) is 18.2. The van der Waals surface area contributed by atoms with Crippen LogP contribution in [0.5, 0.6) is 0 Å². The number of nitrogens with two attached hydrogens (primary N) is 4. The van der Waals surface area contributed by atoms with Gasteiger partial charge in [0, 0.05) is 51.6 Å². The van der Waals surface area contributed by atoms with Crippen molar-refractivity contribution in [3.05, 3.63) is 144 Å². The van der Waals surface area contributed by atoms with Crippen molar-refractivity contribution in [1.29, 1.82) is 0 Å². The van der Waals surface area contributed by atoms with Crippen LogP contribution in [0, 0.1) is 0 Å². The predicted molar refractivity (Wildman–Crippen MR) is 295 cm³/mol. The summed E-state index contributed by atoms with van der Waals surface area (Å²) in [5, 5.41) is 20.9. The Morgan fingerprint density at radius 2 is 0.779 bits per heavy atom. The van der Waals surface area contributed by atoms with E-state index in [0.29, 0.717) is 22.3 Å². The fraction of sp³-hybridized carbons (Fsp3) is 0.382. The number of alkyl halides is 2. The first-order valence-corrected chi connectivity index (χ1v) is 26.2. The van der Waals surface area contributed by atoms with Gasteiger partial charge in [0.2, 0.25) is 29.5 Å². The van der Waals surface area contributed by atoms with Gasteiger partial charge in [0.25, 0.3) is 0 Å². The number of amides is 5. The summed E-state index contributed by atoms with van der Waals surface area (Å²) >= 11 is 12.0. The van der Waals surface area contributed by atoms with E-state index < -0.39 is 108 Å². The van der Waals surface area contributed by atoms with Crippen molar-refractivity contribution in [2.75, 3.05) is 24.8 Å². The minimum absolute atomic E-state index is 0.0927. The van der Waals surface area contributed by atoms with Crippen LogP contribution in [0.2, 0.25) is 0 Å². The minimum atomic E-state index is -1.59. The Labute approximate surface area is 458 Å². The summed E-state index contributed by atoms with van der Waals surface area (Å²) in [7, 11) is 0. The second kappa shape index (κ2) is 33.2. The quantitative estimate of drug-likeness (QED) is 0.0141. The Hall–Kier alpha value is -7.84. The van der Waals surface area contributed by atoms with Gasteiger partial charge < -0.3 is 54.2 Å². The summed E-state index contributed by atoms with van der Waals surface area (Å²) in [6.45, 7) is 0.300. The largest absolute Gasteiger partial charge is 0.481 e. The molecule has 0 heterocycles. The molecule has 0 aliphatic carbocycles. The topological polar surface area (TPSA) is 337 Å². The number of halogens is 2. The van der Waals surface area contributed by atoms with Gasteiger partial charge in [0.1, 0.15) is 24.2 Å². The van der Waals surface area contributed by atoms with E-state index in [0.717, 1.165) is 4.90 Å². The number of carboxylic acids is 1. The summed E-state index contributed by atoms with van der Waals surface area (Å²) in [6, 6.07) is 26.6. The predicted octanol–water partition coefficient (Wildman–Crippen LogP) is 2.44. The molecule has 0 aliphatic heterocycles. The zero-order valence-electron chi connectivity index (χ0n) is 42.7. The summed E-state index contributed by atoms with van der Waals surface area (Å²) < 4.78 is 0. The van der Waals surface area contributed by atoms with E-state index >= 15 is 14.4 Å². The molecule has 412 valence electrons. The number of hydrogen-bond donors (Lipinski definition) is 9. The van der Waals surface area contributed by atoms with Crippen molar-refractivity contribution < 1.29 is 43.5 Å². The first-order chi connectivity index (χ1) is 37.0. The van der Waals surface area contributed by atoms with Gasteiger partial charge >= 0.3 is 5.97 Å². The molecule has 0 aliphatic rings. The molecule has 4 rings (SSSR count). The molecule has 5 amide bonds. The van der Waals surface area contributed by atoms with Crippen molar-refractivity contribution >= 4 is 82.2 Å². The number of guanidine groups is 2. The molecule has 4 aromatic carbocycles. The van der Waals surface area contributed by atoms with Gasteiger partial charge in [-0.3, -0.25) is 48.3 Å². The van der Waals surface area contributed by atoms with Crippen molar-refractivity contribution in [2.45, 2.75) is 107 Å². The molecule has 0 saturated heterocycles. The highest BCUT2D eigenvalue weighted by atomic mass is 35.5. The van der Waals surface area contributed by atoms with Gasteiger partial charge in [0.05, 0.1) is 23.8 Å². The van der Waals surface area contributed by atoms with Gasteiger partial charge in [0.15, 0.2) is 23.5 Å². The third kappa shape index (κ3) is 22.1. The van der Waals surface area contributed by atoms with E-state index in [9.17, 15) is 29.1 Å². The number of ketones is 2. The molecule has 22 heteroatoms. The summed E-state index contributed by atoms with van der Waals surface area (Å²) in [5.74, 6) is -7.45. The molecule has 6 atom stereocenters. The Balaban J connectivity index is 1.89. The van der Waals surface area contributed by atoms with Gasteiger partial charge in [-0.1, -0.05) is 121 Å². The highest BCUT2D eigenvalue weighted by Crippen LogP contribution is 2.22. The molecule has 13 N–H and O–H groups in total. The SMILES string of the molecule is NC(N)=NCCCC(NC(=O)C(Cc1ccccc1)NC(=O)C(Cc1ccccc1)N(C(=O)CCCC(=O)O)C(Cc1ccccc1)C(=O)NC(Cc1ccccc1)C(=O)NC(CCCN=C(N)N)C(=O)CCl)C(=O)CCl. The maximum absolute atomic E-state index is 15.5. The number of nitrogens with one attached hydrogen (secondary N) is 4. The van der Waals surface area contributed by atoms with E-state index in [4.69, 9.17) is 46.1 Å². The number of carboxylic acid groups (broad SMARTS) is 1. The van der Waals surface area contributed by atoms with Crippen molar-refractivity contribution in [1.82, 2.24) is 26.2 Å². The monoisotopic (exact) mass is 1100 g/mol. The number of benzene rings is 4. The lowest BCUT2D eigenvalue weighted by atomic mass is 9.95. The fourth-order valence-electron chi connectivity index (χ4n) is 8.41. The molecule has 0 saturated carbocycles. The number of aliphatic carboxylic acids is 1. The Kier molecular flexibility index (Phi) is 26.6. The van der Waals surface area contributed by atoms with Gasteiger partial charge in [-0.05, 0) is 54.4 Å². The van der Waals surface area contributed by atoms with Crippen LogP contribution in [0.3, 0.4) is 0 Å². The van der Waals surface area contributed by atoms with Crippen LogP contribution in [0.1, 0.15) is 67.2 Å². The lowest BCUT2D eigenvalue weighted by Gasteiger charge is -2.38.